The summed E-state index contributed by atoms with van der Waals surface area (Å²) in [5, 5.41) is 12.4. The molecule has 190 valence electrons. The topological polar surface area (TPSA) is 65.0 Å². The summed E-state index contributed by atoms with van der Waals surface area (Å²) in [4.78, 5) is 13.9. The lowest BCUT2D eigenvalue weighted by Gasteiger charge is -2.49. The molecule has 0 aliphatic heterocycles. The Bertz CT molecular complexity index is 737. The molecule has 0 aromatic rings. The normalized spacial score (nSPS) is 33.1. The summed E-state index contributed by atoms with van der Waals surface area (Å²) in [6, 6.07) is 0. The van der Waals surface area contributed by atoms with E-state index in [-0.39, 0.29) is 35.4 Å². The number of Topliss-reactive ketones (excluding diaryl/α,β-unsaturated/α-hetero) is 1. The third kappa shape index (κ3) is 5.56. The van der Waals surface area contributed by atoms with Crippen molar-refractivity contribution in [1.29, 1.82) is 0 Å². The minimum atomic E-state index is -1.81. The number of hydrogen-bond donors (Lipinski definition) is 1. The van der Waals surface area contributed by atoms with Gasteiger partial charge in [0.05, 0.1) is 0 Å². The predicted molar refractivity (Wildman–Crippen MR) is 137 cm³/mol. The van der Waals surface area contributed by atoms with Gasteiger partial charge in [-0.3, -0.25) is 4.79 Å². The zero-order chi connectivity index (χ0) is 25.2. The second-order valence-electron chi connectivity index (χ2n) is 11.8. The summed E-state index contributed by atoms with van der Waals surface area (Å²) in [7, 11) is -0.260. The Labute approximate surface area is 203 Å². The largest absolute Gasteiger partial charge is 0.417 e. The van der Waals surface area contributed by atoms with Gasteiger partial charge in [-0.25, -0.2) is 0 Å². The summed E-state index contributed by atoms with van der Waals surface area (Å²) in [6.45, 7) is 22.1. The fourth-order valence-corrected chi connectivity index (χ4v) is 6.73. The van der Waals surface area contributed by atoms with Gasteiger partial charge in [-0.1, -0.05) is 46.3 Å². The van der Waals surface area contributed by atoms with Gasteiger partial charge < -0.3 is 19.0 Å². The minimum Gasteiger partial charge on any atom is -0.417 e. The zero-order valence-corrected chi connectivity index (χ0v) is 23.5. The van der Waals surface area contributed by atoms with Gasteiger partial charge in [0.25, 0.3) is 0 Å². The summed E-state index contributed by atoms with van der Waals surface area (Å²) in [5.41, 5.74) is 0.0735. The van der Waals surface area contributed by atoms with E-state index in [0.717, 1.165) is 24.8 Å². The van der Waals surface area contributed by atoms with Crippen LogP contribution < -0.4 is 0 Å². The summed E-state index contributed by atoms with van der Waals surface area (Å²) in [5.74, 6) is 0.451. The molecule has 2 aliphatic carbocycles. The second kappa shape index (κ2) is 10.9. The first-order valence-corrected chi connectivity index (χ1v) is 15.5. The number of carbonyl (C=O) groups is 1. The highest BCUT2D eigenvalue weighted by molar-refractivity contribution is 6.74. The van der Waals surface area contributed by atoms with E-state index in [1.54, 1.807) is 13.2 Å². The molecule has 6 atom stereocenters. The highest BCUT2D eigenvalue weighted by Crippen LogP contribution is 2.54. The van der Waals surface area contributed by atoms with Gasteiger partial charge in [-0.05, 0) is 68.5 Å². The summed E-state index contributed by atoms with van der Waals surface area (Å²) in [6.07, 6.45) is 4.43. The molecule has 1 N–H and O–H groups in total. The first kappa shape index (κ1) is 28.4. The van der Waals surface area contributed by atoms with Gasteiger partial charge in [0.2, 0.25) is 0 Å². The first-order chi connectivity index (χ1) is 15.2. The first-order valence-electron chi connectivity index (χ1n) is 12.6. The Morgan fingerprint density at radius 1 is 1.30 bits per heavy atom. The quantitative estimate of drug-likeness (QED) is 0.139. The van der Waals surface area contributed by atoms with Gasteiger partial charge >= 0.3 is 0 Å². The number of carbonyl (C=O) groups excluding carboxylic acids is 1. The number of ether oxygens (including phenoxy) is 2. The van der Waals surface area contributed by atoms with Crippen LogP contribution in [0.4, 0.5) is 0 Å². The molecule has 2 saturated carbocycles. The van der Waals surface area contributed by atoms with Crippen molar-refractivity contribution in [2.45, 2.75) is 97.1 Å². The van der Waals surface area contributed by atoms with Crippen molar-refractivity contribution in [3.8, 4) is 0 Å². The number of ketones is 1. The maximum atomic E-state index is 13.9. The zero-order valence-electron chi connectivity index (χ0n) is 22.5. The molecule has 2 fully saturated rings. The monoisotopic (exact) mass is 480 g/mol. The lowest BCUT2D eigenvalue weighted by Crippen LogP contribution is -2.59. The molecule has 33 heavy (non-hydrogen) atoms. The molecule has 0 bridgehead atoms. The summed E-state index contributed by atoms with van der Waals surface area (Å²) < 4.78 is 17.3. The predicted octanol–water partition coefficient (Wildman–Crippen LogP) is 5.89. The van der Waals surface area contributed by atoms with Crippen molar-refractivity contribution in [2.24, 2.45) is 23.7 Å². The molecular formula is C27H48O5Si. The minimum absolute atomic E-state index is 0.0263. The number of methoxy groups -OCH3 is 1. The van der Waals surface area contributed by atoms with Crippen LogP contribution in [0, 0.1) is 23.7 Å². The molecule has 0 unspecified atom stereocenters. The standard InChI is InChI=1S/C27H48O5Si/c1-11-22(31-17-30-8)27(29)20(4)21-15-14-18(2)23(21)25(28)24(27)19(3)13-12-16-32-33(9,10)26(5,6)7/h11,18,20-23,29H,1,12-17H2,2-10H3/t18-,20-,21-,22+,23-,27+/m0/s1. The van der Waals surface area contributed by atoms with Crippen LogP contribution in [0.3, 0.4) is 0 Å². The number of fused-ring (bicyclic) bond motifs is 1. The van der Waals surface area contributed by atoms with Gasteiger partial charge in [0.15, 0.2) is 14.1 Å². The maximum Gasteiger partial charge on any atom is 0.191 e. The molecule has 0 spiro atoms. The third-order valence-electron chi connectivity index (χ3n) is 8.72. The highest BCUT2D eigenvalue weighted by Gasteiger charge is 2.59. The van der Waals surface area contributed by atoms with Gasteiger partial charge in [0, 0.05) is 25.2 Å². The second-order valence-corrected chi connectivity index (χ2v) is 16.6. The van der Waals surface area contributed by atoms with Crippen molar-refractivity contribution in [3.63, 3.8) is 0 Å². The molecule has 0 heterocycles. The molecule has 2 rings (SSSR count). The SMILES string of the molecule is C=C[C@@H](OCOC)[C@@]1(O)C(=C(C)CCCO[Si](C)(C)C(C)(C)C)C(=O)[C@@H]2[C@@H](CC[C@@H]2C)[C@@H]1C. The van der Waals surface area contributed by atoms with E-state index in [9.17, 15) is 9.90 Å². The van der Waals surface area contributed by atoms with Gasteiger partial charge in [-0.2, -0.15) is 0 Å². The van der Waals surface area contributed by atoms with Crippen LogP contribution in [-0.2, 0) is 18.7 Å². The average Bonchev–Trinajstić information content (AvgIpc) is 3.11. The number of hydrogen-bond acceptors (Lipinski definition) is 5. The van der Waals surface area contributed by atoms with E-state index in [2.05, 4.69) is 54.3 Å². The van der Waals surface area contributed by atoms with E-state index in [1.165, 1.54) is 0 Å². The molecule has 0 radical (unpaired) electrons. The average molecular weight is 481 g/mol. The van der Waals surface area contributed by atoms with Crippen molar-refractivity contribution in [2.75, 3.05) is 20.5 Å². The molecule has 0 amide bonds. The Morgan fingerprint density at radius 2 is 1.94 bits per heavy atom. The number of allylic oxidation sites excluding steroid dienone is 1. The third-order valence-corrected chi connectivity index (χ3v) is 13.3. The van der Waals surface area contributed by atoms with Crippen LogP contribution >= 0.6 is 0 Å². The van der Waals surface area contributed by atoms with Crippen LogP contribution in [-0.4, -0.2) is 51.4 Å². The van der Waals surface area contributed by atoms with Crippen LogP contribution in [0.1, 0.15) is 67.2 Å². The van der Waals surface area contributed by atoms with Crippen LogP contribution in [0.2, 0.25) is 18.1 Å². The molecule has 0 aromatic carbocycles. The fraction of sp³-hybridized carbons (Fsp3) is 0.815. The van der Waals surface area contributed by atoms with Crippen LogP contribution in [0.5, 0.6) is 0 Å². The van der Waals surface area contributed by atoms with E-state index in [0.29, 0.717) is 24.5 Å². The van der Waals surface area contributed by atoms with E-state index >= 15 is 0 Å². The lowest BCUT2D eigenvalue weighted by atomic mass is 9.59. The van der Waals surface area contributed by atoms with Crippen molar-refractivity contribution < 1.29 is 23.8 Å². The Kier molecular flexibility index (Phi) is 9.36. The smallest absolute Gasteiger partial charge is 0.191 e. The van der Waals surface area contributed by atoms with E-state index < -0.39 is 20.0 Å². The molecule has 2 aliphatic rings. The molecule has 0 saturated heterocycles. The molecule has 5 nitrogen and oxygen atoms in total. The Morgan fingerprint density at radius 3 is 2.48 bits per heavy atom. The lowest BCUT2D eigenvalue weighted by molar-refractivity contribution is -0.165. The van der Waals surface area contributed by atoms with Crippen molar-refractivity contribution >= 4 is 14.1 Å². The van der Waals surface area contributed by atoms with Crippen molar-refractivity contribution in [3.05, 3.63) is 23.8 Å². The molecule has 0 aromatic heterocycles. The maximum absolute atomic E-state index is 13.9. The summed E-state index contributed by atoms with van der Waals surface area (Å²) >= 11 is 0. The number of rotatable bonds is 10. The number of aliphatic hydroxyl groups is 1. The van der Waals surface area contributed by atoms with E-state index in [4.69, 9.17) is 13.9 Å². The fourth-order valence-electron chi connectivity index (χ4n) is 5.64. The van der Waals surface area contributed by atoms with Gasteiger partial charge in [0.1, 0.15) is 18.5 Å². The Balaban J connectivity index is 2.35. The molecule has 6 heteroatoms. The van der Waals surface area contributed by atoms with E-state index in [1.807, 2.05) is 6.92 Å². The molecular weight excluding hydrogens is 432 g/mol. The highest BCUT2D eigenvalue weighted by atomic mass is 28.4. The van der Waals surface area contributed by atoms with Gasteiger partial charge in [-0.15, -0.1) is 6.58 Å². The Hall–Kier alpha value is -0.793. The van der Waals surface area contributed by atoms with Crippen LogP contribution in [0.25, 0.3) is 0 Å². The van der Waals surface area contributed by atoms with Crippen molar-refractivity contribution in [1.82, 2.24) is 0 Å². The van der Waals surface area contributed by atoms with Crippen LogP contribution in [0.15, 0.2) is 23.8 Å².